The van der Waals surface area contributed by atoms with Gasteiger partial charge in [0.25, 0.3) is 0 Å². The zero-order chi connectivity index (χ0) is 69.6. The Balaban J connectivity index is 1.76. The number of aliphatic hydroxyl groups is 10. The standard InChI is InChI=1S/C70H127O24P/c1-4-7-10-13-16-19-22-25-27-30-33-36-39-42-45-55(73)87-50-53-58(76)60(78)65(83)70(91-53)93-67-63(81)61(79)62(80)66(92-69-64(82)59(77)57(75)52(47-71)90-69)68(67)94-95(84,85)88-49-51(48-86-54(72)44-41-38-35-32-29-24-21-18-15-12-9-6-3)89-56(74)46-43-40-37-34-31-28-26-23-20-17-14-11-8-5-2/h27-28,30-31,51-53,57-71,75-83H,4-26,29,32-50H2,1-3H3,(H,84,85)/b30-27-,31-28-. The zero-order valence-electron chi connectivity index (χ0n) is 57.7. The van der Waals surface area contributed by atoms with Crippen LogP contribution in [0, 0.1) is 0 Å². The summed E-state index contributed by atoms with van der Waals surface area (Å²) in [7, 11) is -5.70. The lowest BCUT2D eigenvalue weighted by atomic mass is 9.84. The summed E-state index contributed by atoms with van der Waals surface area (Å²) in [4.78, 5) is 50.9. The number of phosphoric ester groups is 1. The van der Waals surface area contributed by atoms with Crippen LogP contribution in [-0.4, -0.2) is 204 Å². The molecule has 2 aliphatic heterocycles. The molecule has 18 unspecified atom stereocenters. The Bertz CT molecular complexity index is 2070. The zero-order valence-corrected chi connectivity index (χ0v) is 58.6. The number of carbonyl (C=O) groups excluding carboxylic acids is 3. The maximum absolute atomic E-state index is 14.3. The number of phosphoric acid groups is 1. The molecule has 0 aromatic rings. The molecule has 24 nitrogen and oxygen atoms in total. The van der Waals surface area contributed by atoms with E-state index in [4.69, 9.17) is 42.2 Å². The number of hydrogen-bond acceptors (Lipinski definition) is 23. The van der Waals surface area contributed by atoms with Crippen LogP contribution in [0.5, 0.6) is 0 Å². The maximum atomic E-state index is 14.3. The fourth-order valence-electron chi connectivity index (χ4n) is 11.9. The summed E-state index contributed by atoms with van der Waals surface area (Å²) in [5.41, 5.74) is 0. The van der Waals surface area contributed by atoms with Gasteiger partial charge >= 0.3 is 25.7 Å². The quantitative estimate of drug-likeness (QED) is 0.00887. The summed E-state index contributed by atoms with van der Waals surface area (Å²) in [5.74, 6) is -2.02. The van der Waals surface area contributed by atoms with E-state index in [1.807, 2.05) is 0 Å². The highest BCUT2D eigenvalue weighted by Crippen LogP contribution is 2.49. The molecule has 556 valence electrons. The molecule has 0 aromatic carbocycles. The van der Waals surface area contributed by atoms with Crippen LogP contribution in [0.1, 0.15) is 271 Å². The average Bonchev–Trinajstić information content (AvgIpc) is 0.764. The molecule has 95 heavy (non-hydrogen) atoms. The predicted octanol–water partition coefficient (Wildman–Crippen LogP) is 9.35. The first-order valence-electron chi connectivity index (χ1n) is 36.6. The summed E-state index contributed by atoms with van der Waals surface area (Å²) in [6.45, 7) is 3.39. The van der Waals surface area contributed by atoms with Crippen LogP contribution in [0.4, 0.5) is 0 Å². The maximum Gasteiger partial charge on any atom is 0.472 e. The summed E-state index contributed by atoms with van der Waals surface area (Å²) in [5, 5.41) is 110. The van der Waals surface area contributed by atoms with Crippen LogP contribution in [-0.2, 0) is 61.2 Å². The number of ether oxygens (including phenoxy) is 7. The number of rotatable bonds is 56. The van der Waals surface area contributed by atoms with Gasteiger partial charge in [0.2, 0.25) is 0 Å². The van der Waals surface area contributed by atoms with Gasteiger partial charge in [0.05, 0.1) is 13.2 Å². The van der Waals surface area contributed by atoms with E-state index in [2.05, 4.69) is 45.1 Å². The van der Waals surface area contributed by atoms with E-state index in [-0.39, 0.29) is 19.3 Å². The largest absolute Gasteiger partial charge is 0.472 e. The van der Waals surface area contributed by atoms with Gasteiger partial charge in [-0.1, -0.05) is 206 Å². The van der Waals surface area contributed by atoms with Crippen molar-refractivity contribution in [2.24, 2.45) is 0 Å². The second-order valence-corrected chi connectivity index (χ2v) is 27.7. The summed E-state index contributed by atoms with van der Waals surface area (Å²) >= 11 is 0. The third kappa shape index (κ3) is 36.1. The molecule has 1 saturated carbocycles. The summed E-state index contributed by atoms with van der Waals surface area (Å²) in [6.07, 6.45) is 11.2. The Kier molecular flexibility index (Phi) is 47.8. The van der Waals surface area contributed by atoms with E-state index >= 15 is 0 Å². The molecule has 18 atom stereocenters. The molecule has 0 radical (unpaired) electrons. The molecule has 0 spiro atoms. The first kappa shape index (κ1) is 86.7. The van der Waals surface area contributed by atoms with E-state index in [9.17, 15) is 74.9 Å². The van der Waals surface area contributed by atoms with Crippen molar-refractivity contribution in [3.8, 4) is 0 Å². The molecular weight excluding hydrogens is 1260 g/mol. The van der Waals surface area contributed by atoms with Crippen molar-refractivity contribution in [3.05, 3.63) is 24.3 Å². The summed E-state index contributed by atoms with van der Waals surface area (Å²) < 4.78 is 64.9. The van der Waals surface area contributed by atoms with E-state index in [1.165, 1.54) is 116 Å². The highest BCUT2D eigenvalue weighted by molar-refractivity contribution is 7.47. The minimum absolute atomic E-state index is 0.00777. The molecular formula is C70H127O24P. The minimum atomic E-state index is -5.70. The third-order valence-electron chi connectivity index (χ3n) is 18.0. The lowest BCUT2D eigenvalue weighted by Crippen LogP contribution is -2.69. The second kappa shape index (κ2) is 52.4. The smallest absolute Gasteiger partial charge is 0.463 e. The molecule has 1 aliphatic carbocycles. The van der Waals surface area contributed by atoms with Crippen molar-refractivity contribution in [2.75, 3.05) is 26.4 Å². The molecule has 2 saturated heterocycles. The van der Waals surface area contributed by atoms with Crippen molar-refractivity contribution in [1.82, 2.24) is 0 Å². The number of unbranched alkanes of at least 4 members (excludes halogenated alkanes) is 31. The minimum Gasteiger partial charge on any atom is -0.463 e. The van der Waals surface area contributed by atoms with Gasteiger partial charge in [0.1, 0.15) is 98.7 Å². The Labute approximate surface area is 566 Å². The molecule has 0 bridgehead atoms. The molecule has 3 aliphatic rings. The van der Waals surface area contributed by atoms with Crippen LogP contribution < -0.4 is 0 Å². The Morgan fingerprint density at radius 2 is 0.737 bits per heavy atom. The van der Waals surface area contributed by atoms with Gasteiger partial charge in [0, 0.05) is 19.3 Å². The van der Waals surface area contributed by atoms with Crippen LogP contribution in [0.2, 0.25) is 0 Å². The highest BCUT2D eigenvalue weighted by Gasteiger charge is 2.58. The van der Waals surface area contributed by atoms with Gasteiger partial charge in [-0.05, 0) is 70.6 Å². The van der Waals surface area contributed by atoms with E-state index in [1.54, 1.807) is 0 Å². The highest BCUT2D eigenvalue weighted by atomic mass is 31.2. The number of esters is 3. The first-order chi connectivity index (χ1) is 45.8. The van der Waals surface area contributed by atoms with Crippen molar-refractivity contribution < 1.29 is 117 Å². The number of aliphatic hydroxyl groups excluding tert-OH is 10. The van der Waals surface area contributed by atoms with Gasteiger partial charge in [0.15, 0.2) is 18.7 Å². The average molecular weight is 1380 g/mol. The fourth-order valence-corrected chi connectivity index (χ4v) is 12.9. The third-order valence-corrected chi connectivity index (χ3v) is 18.9. The lowest BCUT2D eigenvalue weighted by molar-refractivity contribution is -0.360. The Morgan fingerprint density at radius 1 is 0.400 bits per heavy atom. The normalized spacial score (nSPS) is 28.2. The molecule has 3 fully saturated rings. The monoisotopic (exact) mass is 1380 g/mol. The SMILES string of the molecule is CCCCCCCCC/C=C\CCCCCC(=O)OCC1OC(OC2C(O)C(O)C(O)C(OC3OC(CO)C(O)C(O)C3O)C2OP(=O)(O)OCC(COC(=O)CCCCCCCCCCCCCC)OC(=O)CCCCC/C=C\CCCCCCCCC)C(O)C(O)C1O. The molecule has 3 rings (SSSR count). The van der Waals surface area contributed by atoms with Crippen molar-refractivity contribution in [2.45, 2.75) is 375 Å². The van der Waals surface area contributed by atoms with Gasteiger partial charge in [-0.15, -0.1) is 0 Å². The van der Waals surface area contributed by atoms with Crippen molar-refractivity contribution >= 4 is 25.7 Å². The number of carbonyl (C=O) groups is 3. The molecule has 0 amide bonds. The van der Waals surface area contributed by atoms with Crippen molar-refractivity contribution in [3.63, 3.8) is 0 Å². The van der Waals surface area contributed by atoms with Crippen LogP contribution in [0.3, 0.4) is 0 Å². The van der Waals surface area contributed by atoms with Crippen molar-refractivity contribution in [1.29, 1.82) is 0 Å². The van der Waals surface area contributed by atoms with Gasteiger partial charge < -0.3 is 89.1 Å². The fraction of sp³-hybridized carbons (Fsp3) is 0.900. The van der Waals surface area contributed by atoms with Crippen LogP contribution in [0.15, 0.2) is 24.3 Å². The van der Waals surface area contributed by atoms with Gasteiger partial charge in [-0.3, -0.25) is 23.4 Å². The van der Waals surface area contributed by atoms with E-state index in [0.29, 0.717) is 25.7 Å². The van der Waals surface area contributed by atoms with E-state index < -0.39 is 156 Å². The van der Waals surface area contributed by atoms with Gasteiger partial charge in [-0.25, -0.2) is 4.57 Å². The molecule has 2 heterocycles. The van der Waals surface area contributed by atoms with E-state index in [0.717, 1.165) is 89.9 Å². The van der Waals surface area contributed by atoms with Gasteiger partial charge in [-0.2, -0.15) is 0 Å². The molecule has 25 heteroatoms. The predicted molar refractivity (Wildman–Crippen MR) is 356 cm³/mol. The van der Waals surface area contributed by atoms with Crippen LogP contribution in [0.25, 0.3) is 0 Å². The first-order valence-corrected chi connectivity index (χ1v) is 38.1. The second-order valence-electron chi connectivity index (χ2n) is 26.3. The lowest BCUT2D eigenvalue weighted by Gasteiger charge is -2.49. The Morgan fingerprint density at radius 3 is 1.15 bits per heavy atom. The topological polar surface area (TPSA) is 374 Å². The number of allylic oxidation sites excluding steroid dienone is 4. The molecule has 0 aromatic heterocycles. The summed E-state index contributed by atoms with van der Waals surface area (Å²) in [6, 6.07) is 0. The number of hydrogen-bond donors (Lipinski definition) is 11. The molecule has 11 N–H and O–H groups in total. The van der Waals surface area contributed by atoms with Crippen LogP contribution >= 0.6 is 7.82 Å². The Hall–Kier alpha value is -2.56.